The van der Waals surface area contributed by atoms with Crippen molar-refractivity contribution in [2.24, 2.45) is 0 Å². The number of hydrogen-bond acceptors (Lipinski definition) is 5. The van der Waals surface area contributed by atoms with Gasteiger partial charge in [0.1, 0.15) is 5.00 Å². The number of carbonyl (C=O) groups is 2. The molecule has 0 bridgehead atoms. The molecule has 6 heteroatoms. The zero-order valence-corrected chi connectivity index (χ0v) is 17.3. The van der Waals surface area contributed by atoms with Gasteiger partial charge in [-0.25, -0.2) is 4.79 Å². The largest absolute Gasteiger partial charge is 0.462 e. The second-order valence-electron chi connectivity index (χ2n) is 6.98. The molecule has 5 nitrogen and oxygen atoms in total. The van der Waals surface area contributed by atoms with E-state index in [0.29, 0.717) is 23.2 Å². The minimum absolute atomic E-state index is 0.256. The summed E-state index contributed by atoms with van der Waals surface area (Å²) in [5.41, 5.74) is 2.48. The Balaban J connectivity index is 1.84. The third kappa shape index (κ3) is 4.69. The monoisotopic (exact) mass is 398 g/mol. The van der Waals surface area contributed by atoms with Crippen LogP contribution in [-0.4, -0.2) is 36.0 Å². The number of esters is 1. The molecular weight excluding hydrogens is 372 g/mol. The highest BCUT2D eigenvalue weighted by Crippen LogP contribution is 2.38. The number of fused-ring (bicyclic) bond motifs is 1. The first kappa shape index (κ1) is 20.3. The number of thiophene rings is 1. The van der Waals surface area contributed by atoms with Crippen LogP contribution in [0.4, 0.5) is 5.00 Å². The van der Waals surface area contributed by atoms with Gasteiger partial charge in [-0.2, -0.15) is 0 Å². The smallest absolute Gasteiger partial charge is 0.341 e. The molecule has 28 heavy (non-hydrogen) atoms. The zero-order valence-electron chi connectivity index (χ0n) is 16.5. The molecule has 1 aliphatic rings. The van der Waals surface area contributed by atoms with E-state index in [0.717, 1.165) is 35.5 Å². The van der Waals surface area contributed by atoms with Crippen molar-refractivity contribution in [1.82, 2.24) is 4.90 Å². The molecule has 0 saturated carbocycles. The van der Waals surface area contributed by atoms with Crippen molar-refractivity contribution in [3.8, 4) is 0 Å². The molecule has 2 heterocycles. The number of hydrogen-bond donors (Lipinski definition) is 1. The van der Waals surface area contributed by atoms with Crippen LogP contribution < -0.4 is 5.32 Å². The van der Waals surface area contributed by atoms with Crippen LogP contribution in [0.2, 0.25) is 0 Å². The third-order valence-corrected chi connectivity index (χ3v) is 5.89. The van der Waals surface area contributed by atoms with Gasteiger partial charge in [-0.3, -0.25) is 9.69 Å². The fourth-order valence-electron chi connectivity index (χ4n) is 3.26. The summed E-state index contributed by atoms with van der Waals surface area (Å²) in [6.07, 6.45) is 4.03. The van der Waals surface area contributed by atoms with E-state index in [1.54, 1.807) is 13.0 Å². The molecular formula is C22H26N2O3S. The summed E-state index contributed by atoms with van der Waals surface area (Å²) in [7, 11) is 0. The number of carbonyl (C=O) groups excluding carboxylic acids is 2. The highest BCUT2D eigenvalue weighted by molar-refractivity contribution is 7.17. The van der Waals surface area contributed by atoms with Crippen molar-refractivity contribution in [1.29, 1.82) is 0 Å². The van der Waals surface area contributed by atoms with Crippen LogP contribution in [0.5, 0.6) is 0 Å². The van der Waals surface area contributed by atoms with Crippen molar-refractivity contribution in [3.63, 3.8) is 0 Å². The molecule has 1 aliphatic heterocycles. The van der Waals surface area contributed by atoms with Crippen LogP contribution in [0, 0.1) is 0 Å². The van der Waals surface area contributed by atoms with E-state index < -0.39 is 0 Å². The van der Waals surface area contributed by atoms with E-state index in [2.05, 4.69) is 24.1 Å². The van der Waals surface area contributed by atoms with E-state index in [4.69, 9.17) is 4.74 Å². The number of nitrogens with one attached hydrogen (secondary N) is 1. The zero-order chi connectivity index (χ0) is 20.1. The predicted molar refractivity (Wildman–Crippen MR) is 114 cm³/mol. The molecule has 0 fully saturated rings. The van der Waals surface area contributed by atoms with Crippen LogP contribution in [0.15, 0.2) is 36.4 Å². The van der Waals surface area contributed by atoms with Crippen molar-refractivity contribution < 1.29 is 14.3 Å². The molecule has 148 valence electrons. The van der Waals surface area contributed by atoms with E-state index in [-0.39, 0.29) is 11.9 Å². The Morgan fingerprint density at radius 3 is 2.71 bits per heavy atom. The Morgan fingerprint density at radius 1 is 1.29 bits per heavy atom. The van der Waals surface area contributed by atoms with E-state index in [1.807, 2.05) is 30.3 Å². The lowest BCUT2D eigenvalue weighted by molar-refractivity contribution is -0.111. The summed E-state index contributed by atoms with van der Waals surface area (Å²) >= 11 is 1.48. The Kier molecular flexibility index (Phi) is 6.65. The molecule has 3 rings (SSSR count). The van der Waals surface area contributed by atoms with Gasteiger partial charge in [-0.15, -0.1) is 11.3 Å². The average Bonchev–Trinajstić information content (AvgIpc) is 3.04. The van der Waals surface area contributed by atoms with Crippen LogP contribution in [0.3, 0.4) is 0 Å². The molecule has 2 aromatic rings. The third-order valence-electron chi connectivity index (χ3n) is 4.76. The first-order valence-electron chi connectivity index (χ1n) is 9.59. The summed E-state index contributed by atoms with van der Waals surface area (Å²) in [6, 6.07) is 10.1. The van der Waals surface area contributed by atoms with Gasteiger partial charge in [0.15, 0.2) is 0 Å². The highest BCUT2D eigenvalue weighted by atomic mass is 32.1. The maximum Gasteiger partial charge on any atom is 0.341 e. The highest BCUT2D eigenvalue weighted by Gasteiger charge is 2.29. The number of ether oxygens (including phenoxy) is 1. The number of nitrogens with zero attached hydrogens (tertiary/aromatic N) is 1. The molecule has 0 atom stereocenters. The number of rotatable bonds is 6. The van der Waals surface area contributed by atoms with Crippen LogP contribution in [0.25, 0.3) is 6.08 Å². The van der Waals surface area contributed by atoms with Gasteiger partial charge in [0.2, 0.25) is 5.91 Å². The molecule has 0 aliphatic carbocycles. The second-order valence-corrected chi connectivity index (χ2v) is 8.08. The number of amides is 1. The fourth-order valence-corrected chi connectivity index (χ4v) is 4.53. The van der Waals surface area contributed by atoms with Crippen LogP contribution in [-0.2, 0) is 22.5 Å². The molecule has 0 spiro atoms. The first-order valence-corrected chi connectivity index (χ1v) is 10.4. The van der Waals surface area contributed by atoms with Crippen LogP contribution in [0.1, 0.15) is 47.1 Å². The van der Waals surface area contributed by atoms with Gasteiger partial charge in [0.25, 0.3) is 0 Å². The molecule has 1 amide bonds. The minimum Gasteiger partial charge on any atom is -0.462 e. The van der Waals surface area contributed by atoms with E-state index in [1.165, 1.54) is 17.4 Å². The number of benzene rings is 1. The normalized spacial score (nSPS) is 14.3. The van der Waals surface area contributed by atoms with Gasteiger partial charge in [0, 0.05) is 30.1 Å². The lowest BCUT2D eigenvalue weighted by Crippen LogP contribution is -2.35. The van der Waals surface area contributed by atoms with Gasteiger partial charge in [0.05, 0.1) is 12.2 Å². The molecule has 0 radical (unpaired) electrons. The SMILES string of the molecule is CCOC(=O)c1c(NC(=O)C=Cc2ccccc2)sc2c1CCN(C(C)C)C2. The predicted octanol–water partition coefficient (Wildman–Crippen LogP) is 4.34. The molecule has 0 saturated heterocycles. The fraction of sp³-hybridized carbons (Fsp3) is 0.364. The average molecular weight is 399 g/mol. The van der Waals surface area contributed by atoms with Gasteiger partial charge in [-0.1, -0.05) is 30.3 Å². The standard InChI is InChI=1S/C22H26N2O3S/c1-4-27-22(26)20-17-12-13-24(15(2)3)14-18(17)28-21(20)23-19(25)11-10-16-8-6-5-7-9-16/h5-11,15H,4,12-14H2,1-3H3,(H,23,25). The Bertz CT molecular complexity index is 871. The van der Waals surface area contributed by atoms with E-state index >= 15 is 0 Å². The molecule has 1 N–H and O–H groups in total. The molecule has 0 unspecified atom stereocenters. The number of anilines is 1. The van der Waals surface area contributed by atoms with Crippen molar-refractivity contribution >= 4 is 34.3 Å². The quantitative estimate of drug-likeness (QED) is 0.581. The summed E-state index contributed by atoms with van der Waals surface area (Å²) in [5, 5.41) is 3.48. The summed E-state index contributed by atoms with van der Waals surface area (Å²) in [5.74, 6) is -0.617. The van der Waals surface area contributed by atoms with Crippen molar-refractivity contribution in [2.75, 3.05) is 18.5 Å². The van der Waals surface area contributed by atoms with Crippen molar-refractivity contribution in [3.05, 3.63) is 58.0 Å². The summed E-state index contributed by atoms with van der Waals surface area (Å²) in [6.45, 7) is 8.12. The first-order chi connectivity index (χ1) is 13.5. The molecule has 1 aromatic carbocycles. The lowest BCUT2D eigenvalue weighted by Gasteiger charge is -2.30. The van der Waals surface area contributed by atoms with E-state index in [9.17, 15) is 9.59 Å². The van der Waals surface area contributed by atoms with Crippen molar-refractivity contribution in [2.45, 2.75) is 39.8 Å². The Morgan fingerprint density at radius 2 is 2.04 bits per heavy atom. The van der Waals surface area contributed by atoms with Crippen LogP contribution >= 0.6 is 11.3 Å². The summed E-state index contributed by atoms with van der Waals surface area (Å²) in [4.78, 5) is 28.5. The topological polar surface area (TPSA) is 58.6 Å². The Labute approximate surface area is 170 Å². The minimum atomic E-state index is -0.361. The lowest BCUT2D eigenvalue weighted by atomic mass is 10.0. The second kappa shape index (κ2) is 9.17. The maximum atomic E-state index is 12.6. The van der Waals surface area contributed by atoms with Gasteiger partial charge >= 0.3 is 5.97 Å². The van der Waals surface area contributed by atoms with Gasteiger partial charge in [-0.05, 0) is 44.4 Å². The Hall–Kier alpha value is -2.44. The molecule has 1 aromatic heterocycles. The summed E-state index contributed by atoms with van der Waals surface area (Å²) < 4.78 is 5.26. The van der Waals surface area contributed by atoms with Gasteiger partial charge < -0.3 is 10.1 Å². The maximum absolute atomic E-state index is 12.6.